The third-order valence-electron chi connectivity index (χ3n) is 1.99. The van der Waals surface area contributed by atoms with Crippen molar-refractivity contribution in [2.24, 2.45) is 5.10 Å². The second-order valence-electron chi connectivity index (χ2n) is 3.34. The predicted octanol–water partition coefficient (Wildman–Crippen LogP) is 2.38. The molecule has 1 aromatic heterocycles. The zero-order chi connectivity index (χ0) is 12.8. The van der Waals surface area contributed by atoms with E-state index in [1.807, 2.05) is 12.1 Å². The molecular formula is C11H10ClN5S. The molecule has 2 aromatic rings. The lowest BCUT2D eigenvalue weighted by Crippen LogP contribution is -2.23. The van der Waals surface area contributed by atoms with Gasteiger partial charge >= 0.3 is 0 Å². The third kappa shape index (κ3) is 3.83. The molecule has 1 heterocycles. The van der Waals surface area contributed by atoms with Crippen LogP contribution in [-0.4, -0.2) is 21.5 Å². The lowest BCUT2D eigenvalue weighted by Gasteiger charge is -2.06. The molecule has 0 saturated heterocycles. The number of benzene rings is 1. The van der Waals surface area contributed by atoms with Crippen molar-refractivity contribution < 1.29 is 0 Å². The number of nitrogens with one attached hydrogen (secondary N) is 3. The second kappa shape index (κ2) is 6.13. The van der Waals surface area contributed by atoms with Gasteiger partial charge in [0.2, 0.25) is 0 Å². The first-order valence-corrected chi connectivity index (χ1v) is 5.87. The molecule has 0 aliphatic carbocycles. The van der Waals surface area contributed by atoms with Crippen molar-refractivity contribution in [2.75, 3.05) is 5.32 Å². The van der Waals surface area contributed by atoms with Gasteiger partial charge in [0, 0.05) is 16.9 Å². The minimum Gasteiger partial charge on any atom is -0.331 e. The zero-order valence-corrected chi connectivity index (χ0v) is 10.8. The van der Waals surface area contributed by atoms with Crippen LogP contribution in [0.2, 0.25) is 5.02 Å². The number of H-pyrrole nitrogens is 1. The molecule has 0 atom stereocenters. The highest BCUT2D eigenvalue weighted by Crippen LogP contribution is 2.12. The molecule has 0 unspecified atom stereocenters. The minimum atomic E-state index is 0.396. The number of aromatic nitrogens is 2. The van der Waals surface area contributed by atoms with E-state index in [0.717, 1.165) is 11.4 Å². The normalized spacial score (nSPS) is 10.5. The first kappa shape index (κ1) is 12.5. The van der Waals surface area contributed by atoms with Gasteiger partial charge < -0.3 is 5.32 Å². The van der Waals surface area contributed by atoms with E-state index in [1.54, 1.807) is 30.6 Å². The van der Waals surface area contributed by atoms with Crippen molar-refractivity contribution in [1.82, 2.24) is 15.6 Å². The first-order chi connectivity index (χ1) is 8.74. The Balaban J connectivity index is 1.84. The van der Waals surface area contributed by atoms with Crippen molar-refractivity contribution in [1.29, 1.82) is 0 Å². The molecule has 0 aliphatic heterocycles. The quantitative estimate of drug-likeness (QED) is 0.459. The van der Waals surface area contributed by atoms with E-state index in [2.05, 4.69) is 26.0 Å². The fraction of sp³-hybridized carbons (Fsp3) is 0. The van der Waals surface area contributed by atoms with Gasteiger partial charge in [-0.05, 0) is 42.5 Å². The number of thiocarbonyl (C=S) groups is 1. The Morgan fingerprint density at radius 3 is 2.78 bits per heavy atom. The minimum absolute atomic E-state index is 0.396. The highest BCUT2D eigenvalue weighted by atomic mass is 35.5. The number of anilines is 1. The van der Waals surface area contributed by atoms with E-state index in [-0.39, 0.29) is 0 Å². The number of hydrogen-bond donors (Lipinski definition) is 3. The fourth-order valence-electron chi connectivity index (χ4n) is 1.19. The van der Waals surface area contributed by atoms with Crippen molar-refractivity contribution in [3.8, 4) is 0 Å². The van der Waals surface area contributed by atoms with Crippen LogP contribution in [-0.2, 0) is 0 Å². The maximum atomic E-state index is 5.78. The molecule has 0 bridgehead atoms. The SMILES string of the molecule is S=C(N/N=C\c1ccn[nH]1)Nc1ccc(Cl)cc1. The molecule has 92 valence electrons. The summed E-state index contributed by atoms with van der Waals surface area (Å²) in [5.41, 5.74) is 4.32. The Hall–Kier alpha value is -1.92. The molecule has 0 amide bonds. The fourth-order valence-corrected chi connectivity index (χ4v) is 1.49. The highest BCUT2D eigenvalue weighted by molar-refractivity contribution is 7.80. The topological polar surface area (TPSA) is 65.1 Å². The van der Waals surface area contributed by atoms with E-state index in [4.69, 9.17) is 23.8 Å². The van der Waals surface area contributed by atoms with Crippen LogP contribution in [0.3, 0.4) is 0 Å². The first-order valence-electron chi connectivity index (χ1n) is 5.09. The van der Waals surface area contributed by atoms with Crippen molar-refractivity contribution in [3.63, 3.8) is 0 Å². The van der Waals surface area contributed by atoms with Gasteiger partial charge in [-0.15, -0.1) is 0 Å². The summed E-state index contributed by atoms with van der Waals surface area (Å²) in [6, 6.07) is 9.01. The molecule has 0 spiro atoms. The number of rotatable bonds is 3. The van der Waals surface area contributed by atoms with Crippen LogP contribution in [0.15, 0.2) is 41.6 Å². The van der Waals surface area contributed by atoms with Gasteiger partial charge in [0.05, 0.1) is 11.9 Å². The van der Waals surface area contributed by atoms with Gasteiger partial charge in [-0.2, -0.15) is 10.2 Å². The summed E-state index contributed by atoms with van der Waals surface area (Å²) in [5.74, 6) is 0. The number of hydrogen-bond acceptors (Lipinski definition) is 3. The average Bonchev–Trinajstić information content (AvgIpc) is 2.85. The molecular weight excluding hydrogens is 270 g/mol. The summed E-state index contributed by atoms with van der Waals surface area (Å²) in [6.07, 6.45) is 3.23. The molecule has 1 aromatic carbocycles. The van der Waals surface area contributed by atoms with Gasteiger partial charge in [-0.3, -0.25) is 10.5 Å². The summed E-state index contributed by atoms with van der Waals surface area (Å²) in [7, 11) is 0. The number of aromatic amines is 1. The molecule has 5 nitrogen and oxygen atoms in total. The lowest BCUT2D eigenvalue weighted by atomic mass is 10.3. The Morgan fingerprint density at radius 2 is 2.11 bits per heavy atom. The molecule has 7 heteroatoms. The molecule has 0 radical (unpaired) electrons. The van der Waals surface area contributed by atoms with Crippen LogP contribution in [0.4, 0.5) is 5.69 Å². The molecule has 0 aliphatic rings. The van der Waals surface area contributed by atoms with Crippen molar-refractivity contribution in [2.45, 2.75) is 0 Å². The summed E-state index contributed by atoms with van der Waals surface area (Å²) in [4.78, 5) is 0. The Kier molecular flexibility index (Phi) is 4.27. The van der Waals surface area contributed by atoms with E-state index in [1.165, 1.54) is 0 Å². The molecule has 18 heavy (non-hydrogen) atoms. The molecule has 0 saturated carbocycles. The number of halogens is 1. The monoisotopic (exact) mass is 279 g/mol. The second-order valence-corrected chi connectivity index (χ2v) is 4.19. The maximum Gasteiger partial charge on any atom is 0.191 e. The lowest BCUT2D eigenvalue weighted by molar-refractivity contribution is 1.04. The number of hydrazone groups is 1. The zero-order valence-electron chi connectivity index (χ0n) is 9.22. The van der Waals surface area contributed by atoms with Crippen molar-refractivity contribution >= 4 is 40.8 Å². The maximum absolute atomic E-state index is 5.78. The highest BCUT2D eigenvalue weighted by Gasteiger charge is 1.95. The Bertz CT molecular complexity index is 535. The summed E-state index contributed by atoms with van der Waals surface area (Å²) in [6.45, 7) is 0. The van der Waals surface area contributed by atoms with Gasteiger partial charge in [0.25, 0.3) is 0 Å². The average molecular weight is 280 g/mol. The van der Waals surface area contributed by atoms with Crippen LogP contribution in [0.1, 0.15) is 5.69 Å². The predicted molar refractivity (Wildman–Crippen MR) is 77.0 cm³/mol. The molecule has 2 rings (SSSR count). The van der Waals surface area contributed by atoms with Gasteiger partial charge in [-0.1, -0.05) is 11.6 Å². The van der Waals surface area contributed by atoms with Crippen LogP contribution < -0.4 is 10.7 Å². The van der Waals surface area contributed by atoms with Crippen LogP contribution in [0.5, 0.6) is 0 Å². The summed E-state index contributed by atoms with van der Waals surface area (Å²) in [5, 5.41) is 14.5. The standard InChI is InChI=1S/C11H10ClN5S/c12-8-1-3-9(4-2-8)15-11(18)17-14-7-10-5-6-13-16-10/h1-7H,(H,13,16)(H2,15,17,18)/b14-7-. The summed E-state index contributed by atoms with van der Waals surface area (Å²) >= 11 is 10.8. The van der Waals surface area contributed by atoms with Gasteiger partial charge in [-0.25, -0.2) is 0 Å². The molecule has 0 fully saturated rings. The van der Waals surface area contributed by atoms with E-state index in [9.17, 15) is 0 Å². The van der Waals surface area contributed by atoms with Crippen LogP contribution in [0.25, 0.3) is 0 Å². The van der Waals surface area contributed by atoms with Crippen LogP contribution >= 0.6 is 23.8 Å². The van der Waals surface area contributed by atoms with Gasteiger partial charge in [0.15, 0.2) is 5.11 Å². The van der Waals surface area contributed by atoms with Crippen molar-refractivity contribution in [3.05, 3.63) is 47.2 Å². The Labute approximate surface area is 114 Å². The largest absolute Gasteiger partial charge is 0.331 e. The van der Waals surface area contributed by atoms with Gasteiger partial charge in [0.1, 0.15) is 0 Å². The van der Waals surface area contributed by atoms with E-state index in [0.29, 0.717) is 10.1 Å². The van der Waals surface area contributed by atoms with Crippen LogP contribution in [0, 0.1) is 0 Å². The summed E-state index contributed by atoms with van der Waals surface area (Å²) < 4.78 is 0. The third-order valence-corrected chi connectivity index (χ3v) is 2.44. The Morgan fingerprint density at radius 1 is 1.33 bits per heavy atom. The van der Waals surface area contributed by atoms with E-state index >= 15 is 0 Å². The number of nitrogens with zero attached hydrogens (tertiary/aromatic N) is 2. The van der Waals surface area contributed by atoms with E-state index < -0.39 is 0 Å². The smallest absolute Gasteiger partial charge is 0.191 e. The molecule has 3 N–H and O–H groups in total.